The van der Waals surface area contributed by atoms with Gasteiger partial charge in [0.2, 0.25) is 0 Å². The van der Waals surface area contributed by atoms with Crippen LogP contribution in [-0.4, -0.2) is 42.2 Å². The van der Waals surface area contributed by atoms with E-state index in [0.717, 1.165) is 5.69 Å². The lowest BCUT2D eigenvalue weighted by atomic mass is 10.3. The molecule has 0 aromatic carbocycles. The number of ether oxygens (including phenoxy) is 1. The number of imide groups is 1. The number of rotatable bonds is 5. The maximum absolute atomic E-state index is 11.8. The molecule has 3 N–H and O–H groups in total. The molecule has 0 bridgehead atoms. The molecule has 3 amide bonds. The summed E-state index contributed by atoms with van der Waals surface area (Å²) in [6.07, 6.45) is 7.29. The number of aromatic nitrogens is 4. The topological polar surface area (TPSA) is 131 Å². The lowest BCUT2D eigenvalue weighted by molar-refractivity contribution is -0.130. The van der Waals surface area contributed by atoms with Crippen molar-refractivity contribution < 1.29 is 19.4 Å². The van der Waals surface area contributed by atoms with Crippen LogP contribution in [0.15, 0.2) is 49.2 Å². The van der Waals surface area contributed by atoms with E-state index in [1.54, 1.807) is 35.3 Å². The largest absolute Gasteiger partial charge is 0.456 e. The smallest absolute Gasteiger partial charge is 0.327 e. The van der Waals surface area contributed by atoms with Crippen LogP contribution in [0.2, 0.25) is 0 Å². The molecule has 0 unspecified atom stereocenters. The lowest BCUT2D eigenvalue weighted by Gasteiger charge is -2.10. The first-order valence-electron chi connectivity index (χ1n) is 8.87. The summed E-state index contributed by atoms with van der Waals surface area (Å²) < 4.78 is 7.56. The second-order valence-electron chi connectivity index (χ2n) is 6.69. The van der Waals surface area contributed by atoms with Crippen LogP contribution < -0.4 is 15.4 Å². The molecule has 0 spiro atoms. The molecule has 3 aromatic rings. The lowest BCUT2D eigenvalue weighted by Crippen LogP contribution is -2.42. The van der Waals surface area contributed by atoms with Crippen LogP contribution >= 0.6 is 0 Å². The van der Waals surface area contributed by atoms with E-state index in [2.05, 4.69) is 25.6 Å². The van der Waals surface area contributed by atoms with E-state index in [9.17, 15) is 14.7 Å². The van der Waals surface area contributed by atoms with Crippen molar-refractivity contribution in [1.29, 1.82) is 0 Å². The summed E-state index contributed by atoms with van der Waals surface area (Å²) in [4.78, 5) is 36.0. The number of nitrogens with one attached hydrogen (secondary N) is 2. The third-order valence-electron chi connectivity index (χ3n) is 4.28. The van der Waals surface area contributed by atoms with Gasteiger partial charge in [-0.25, -0.2) is 19.7 Å². The Morgan fingerprint density at radius 2 is 2.00 bits per heavy atom. The predicted octanol–water partition coefficient (Wildman–Crippen LogP) is 1.94. The van der Waals surface area contributed by atoms with E-state index < -0.39 is 17.5 Å². The minimum absolute atomic E-state index is 0.231. The SMILES string of the molecule is Cc1cn(-c2cc(Oc3ccc(NC(=O)NC(=O)C4(O)CC4)nc3)ccn2)cn1. The van der Waals surface area contributed by atoms with Crippen molar-refractivity contribution in [2.24, 2.45) is 0 Å². The molecular formula is C19H18N6O4. The van der Waals surface area contributed by atoms with Gasteiger partial charge >= 0.3 is 6.03 Å². The first-order valence-corrected chi connectivity index (χ1v) is 8.87. The van der Waals surface area contributed by atoms with Crippen molar-refractivity contribution >= 4 is 17.8 Å². The van der Waals surface area contributed by atoms with E-state index in [1.165, 1.54) is 12.3 Å². The van der Waals surface area contributed by atoms with Crippen molar-refractivity contribution in [2.45, 2.75) is 25.4 Å². The van der Waals surface area contributed by atoms with Crippen LogP contribution in [0.1, 0.15) is 18.5 Å². The van der Waals surface area contributed by atoms with Gasteiger partial charge in [-0.2, -0.15) is 0 Å². The average Bonchev–Trinajstić information content (AvgIpc) is 3.31. The zero-order valence-corrected chi connectivity index (χ0v) is 15.5. The molecule has 0 saturated heterocycles. The van der Waals surface area contributed by atoms with Crippen LogP contribution in [0.25, 0.3) is 5.82 Å². The number of hydrogen-bond acceptors (Lipinski definition) is 7. The molecule has 1 saturated carbocycles. The van der Waals surface area contributed by atoms with Gasteiger partial charge in [-0.1, -0.05) is 0 Å². The van der Waals surface area contributed by atoms with Gasteiger partial charge in [0.05, 0.1) is 11.9 Å². The monoisotopic (exact) mass is 394 g/mol. The Morgan fingerprint density at radius 3 is 2.66 bits per heavy atom. The number of carbonyl (C=O) groups excluding carboxylic acids is 2. The summed E-state index contributed by atoms with van der Waals surface area (Å²) in [5.41, 5.74) is -0.538. The van der Waals surface area contributed by atoms with Crippen molar-refractivity contribution in [3.63, 3.8) is 0 Å². The molecule has 148 valence electrons. The maximum atomic E-state index is 11.8. The molecule has 0 aliphatic heterocycles. The van der Waals surface area contributed by atoms with Crippen molar-refractivity contribution in [2.75, 3.05) is 5.32 Å². The van der Waals surface area contributed by atoms with Gasteiger partial charge in [0.1, 0.15) is 35.1 Å². The summed E-state index contributed by atoms with van der Waals surface area (Å²) in [6.45, 7) is 1.89. The van der Waals surface area contributed by atoms with Gasteiger partial charge in [0, 0.05) is 18.5 Å². The van der Waals surface area contributed by atoms with Gasteiger partial charge < -0.3 is 9.84 Å². The Hall–Kier alpha value is -3.79. The van der Waals surface area contributed by atoms with Crippen LogP contribution in [0.4, 0.5) is 10.6 Å². The van der Waals surface area contributed by atoms with E-state index in [1.807, 2.05) is 13.1 Å². The third-order valence-corrected chi connectivity index (χ3v) is 4.28. The fourth-order valence-electron chi connectivity index (χ4n) is 2.51. The number of aliphatic hydroxyl groups is 1. The highest BCUT2D eigenvalue weighted by molar-refractivity contribution is 6.04. The molecule has 1 aliphatic carbocycles. The van der Waals surface area contributed by atoms with Crippen LogP contribution in [-0.2, 0) is 4.79 Å². The highest BCUT2D eigenvalue weighted by atomic mass is 16.5. The standard InChI is InChI=1S/C19H18N6O4/c1-12-10-25(11-22-12)16-8-13(4-7-20-16)29-14-2-3-15(21-9-14)23-18(27)24-17(26)19(28)5-6-19/h2-4,7-11,28H,5-6H2,1H3,(H2,21,23,24,26,27). The van der Waals surface area contributed by atoms with Crippen molar-refractivity contribution in [3.8, 4) is 17.3 Å². The Balaban J connectivity index is 1.37. The molecule has 1 aliphatic rings. The van der Waals surface area contributed by atoms with Gasteiger partial charge in [0.15, 0.2) is 0 Å². The second-order valence-corrected chi connectivity index (χ2v) is 6.69. The molecule has 10 nitrogen and oxygen atoms in total. The summed E-state index contributed by atoms with van der Waals surface area (Å²) >= 11 is 0. The number of pyridine rings is 2. The summed E-state index contributed by atoms with van der Waals surface area (Å²) in [7, 11) is 0. The number of anilines is 1. The first kappa shape index (κ1) is 18.6. The minimum atomic E-state index is -1.42. The number of hydrogen-bond donors (Lipinski definition) is 3. The molecule has 29 heavy (non-hydrogen) atoms. The van der Waals surface area contributed by atoms with Crippen LogP contribution in [0.3, 0.4) is 0 Å². The quantitative estimate of drug-likeness (QED) is 0.602. The van der Waals surface area contributed by atoms with Gasteiger partial charge in [-0.05, 0) is 38.0 Å². The number of aryl methyl sites for hydroxylation is 1. The molecule has 0 atom stereocenters. The van der Waals surface area contributed by atoms with Gasteiger partial charge in [-0.15, -0.1) is 0 Å². The van der Waals surface area contributed by atoms with Crippen molar-refractivity contribution in [3.05, 3.63) is 54.9 Å². The molecular weight excluding hydrogens is 376 g/mol. The summed E-state index contributed by atoms with van der Waals surface area (Å²) in [5, 5.41) is 14.2. The second kappa shape index (κ2) is 7.32. The Kier molecular flexibility index (Phi) is 4.69. The molecule has 0 radical (unpaired) electrons. The molecule has 3 aromatic heterocycles. The number of nitrogens with zero attached hydrogens (tertiary/aromatic N) is 4. The fourth-order valence-corrected chi connectivity index (χ4v) is 2.51. The normalized spacial score (nSPS) is 14.1. The average molecular weight is 394 g/mol. The zero-order chi connectivity index (χ0) is 20.4. The number of imidazole rings is 1. The van der Waals surface area contributed by atoms with E-state index in [4.69, 9.17) is 4.74 Å². The zero-order valence-electron chi connectivity index (χ0n) is 15.5. The third kappa shape index (κ3) is 4.38. The van der Waals surface area contributed by atoms with E-state index in [-0.39, 0.29) is 5.82 Å². The van der Waals surface area contributed by atoms with E-state index in [0.29, 0.717) is 30.2 Å². The van der Waals surface area contributed by atoms with Crippen LogP contribution in [0, 0.1) is 6.92 Å². The molecule has 10 heteroatoms. The van der Waals surface area contributed by atoms with Crippen LogP contribution in [0.5, 0.6) is 11.5 Å². The highest BCUT2D eigenvalue weighted by Gasteiger charge is 2.48. The Labute approximate surface area is 165 Å². The first-order chi connectivity index (χ1) is 13.9. The highest BCUT2D eigenvalue weighted by Crippen LogP contribution is 2.34. The van der Waals surface area contributed by atoms with Gasteiger partial charge in [0.25, 0.3) is 5.91 Å². The predicted molar refractivity (Wildman–Crippen MR) is 102 cm³/mol. The molecule has 3 heterocycles. The maximum Gasteiger partial charge on any atom is 0.327 e. The van der Waals surface area contributed by atoms with Gasteiger partial charge in [-0.3, -0.25) is 20.0 Å². The Bertz CT molecular complexity index is 1060. The summed E-state index contributed by atoms with van der Waals surface area (Å²) in [5.74, 6) is 1.20. The minimum Gasteiger partial charge on any atom is -0.456 e. The number of carbonyl (C=O) groups is 2. The molecule has 4 rings (SSSR count). The Morgan fingerprint density at radius 1 is 1.17 bits per heavy atom. The molecule has 1 fully saturated rings. The van der Waals surface area contributed by atoms with Crippen molar-refractivity contribution in [1.82, 2.24) is 24.8 Å². The number of amides is 3. The fraction of sp³-hybridized carbons (Fsp3) is 0.211. The summed E-state index contributed by atoms with van der Waals surface area (Å²) in [6, 6.07) is 5.87. The van der Waals surface area contributed by atoms with E-state index >= 15 is 0 Å². The number of urea groups is 1.